The van der Waals surface area contributed by atoms with E-state index in [1.807, 2.05) is 13.1 Å². The first-order valence-electron chi connectivity index (χ1n) is 6.51. The number of benzene rings is 1. The van der Waals surface area contributed by atoms with Gasteiger partial charge in [0, 0.05) is 10.5 Å². The SMILES string of the molecule is CN(CC(=O)Nc1ccc(Br)cc1Cl)C1CCCC1. The second kappa shape index (κ2) is 6.73. The Hall–Kier alpha value is -0.580. The molecule has 0 aliphatic heterocycles. The number of amides is 1. The molecule has 1 N–H and O–H groups in total. The van der Waals surface area contributed by atoms with Crippen LogP contribution in [-0.4, -0.2) is 30.4 Å². The van der Waals surface area contributed by atoms with Gasteiger partial charge in [0.05, 0.1) is 17.3 Å². The van der Waals surface area contributed by atoms with E-state index in [4.69, 9.17) is 11.6 Å². The molecule has 0 saturated heterocycles. The van der Waals surface area contributed by atoms with E-state index in [2.05, 4.69) is 26.1 Å². The number of nitrogens with one attached hydrogen (secondary N) is 1. The summed E-state index contributed by atoms with van der Waals surface area (Å²) >= 11 is 9.42. The van der Waals surface area contributed by atoms with Crippen molar-refractivity contribution in [1.82, 2.24) is 4.90 Å². The van der Waals surface area contributed by atoms with E-state index in [9.17, 15) is 4.79 Å². The third-order valence-corrected chi connectivity index (χ3v) is 4.35. The van der Waals surface area contributed by atoms with Gasteiger partial charge in [-0.2, -0.15) is 0 Å². The Morgan fingerprint density at radius 3 is 2.79 bits per heavy atom. The molecule has 104 valence electrons. The summed E-state index contributed by atoms with van der Waals surface area (Å²) < 4.78 is 0.901. The van der Waals surface area contributed by atoms with Gasteiger partial charge in [-0.3, -0.25) is 9.69 Å². The van der Waals surface area contributed by atoms with E-state index in [-0.39, 0.29) is 5.91 Å². The molecule has 19 heavy (non-hydrogen) atoms. The summed E-state index contributed by atoms with van der Waals surface area (Å²) in [6.45, 7) is 0.414. The molecule has 1 aromatic carbocycles. The van der Waals surface area contributed by atoms with Gasteiger partial charge < -0.3 is 5.32 Å². The second-order valence-electron chi connectivity index (χ2n) is 5.03. The molecule has 0 aromatic heterocycles. The quantitative estimate of drug-likeness (QED) is 0.897. The highest BCUT2D eigenvalue weighted by Crippen LogP contribution is 2.26. The van der Waals surface area contributed by atoms with Gasteiger partial charge in [0.2, 0.25) is 5.91 Å². The topological polar surface area (TPSA) is 32.3 Å². The molecule has 0 bridgehead atoms. The standard InChI is InChI=1S/C14H18BrClN2O/c1-18(11-4-2-3-5-11)9-14(19)17-13-7-6-10(15)8-12(13)16/h6-8,11H,2-5,9H2,1H3,(H,17,19). The lowest BCUT2D eigenvalue weighted by atomic mass is 10.2. The van der Waals surface area contributed by atoms with Gasteiger partial charge in [0.25, 0.3) is 0 Å². The molecule has 2 rings (SSSR count). The highest BCUT2D eigenvalue weighted by molar-refractivity contribution is 9.10. The predicted octanol–water partition coefficient (Wildman–Crippen LogP) is 3.92. The van der Waals surface area contributed by atoms with Crippen LogP contribution < -0.4 is 5.32 Å². The average molecular weight is 346 g/mol. The number of anilines is 1. The summed E-state index contributed by atoms with van der Waals surface area (Å²) in [6.07, 6.45) is 4.94. The van der Waals surface area contributed by atoms with Crippen molar-refractivity contribution < 1.29 is 4.79 Å². The highest BCUT2D eigenvalue weighted by atomic mass is 79.9. The third kappa shape index (κ3) is 4.20. The largest absolute Gasteiger partial charge is 0.324 e. The Bertz CT molecular complexity index is 461. The maximum absolute atomic E-state index is 12.0. The Morgan fingerprint density at radius 1 is 1.47 bits per heavy atom. The van der Waals surface area contributed by atoms with Gasteiger partial charge in [0.15, 0.2) is 0 Å². The summed E-state index contributed by atoms with van der Waals surface area (Å²) in [7, 11) is 2.01. The summed E-state index contributed by atoms with van der Waals surface area (Å²) in [5.74, 6) is -0.0152. The van der Waals surface area contributed by atoms with Crippen molar-refractivity contribution in [3.8, 4) is 0 Å². The van der Waals surface area contributed by atoms with E-state index >= 15 is 0 Å². The molecular weight excluding hydrogens is 328 g/mol. The highest BCUT2D eigenvalue weighted by Gasteiger charge is 2.21. The smallest absolute Gasteiger partial charge is 0.238 e. The van der Waals surface area contributed by atoms with Crippen LogP contribution in [0.2, 0.25) is 5.02 Å². The number of carbonyl (C=O) groups is 1. The third-order valence-electron chi connectivity index (χ3n) is 3.55. The van der Waals surface area contributed by atoms with Gasteiger partial charge in [-0.1, -0.05) is 40.4 Å². The lowest BCUT2D eigenvalue weighted by molar-refractivity contribution is -0.117. The number of carbonyl (C=O) groups excluding carboxylic acids is 1. The molecule has 0 unspecified atom stereocenters. The van der Waals surface area contributed by atoms with Crippen molar-refractivity contribution in [2.24, 2.45) is 0 Å². The van der Waals surface area contributed by atoms with Crippen LogP contribution in [-0.2, 0) is 4.79 Å². The fourth-order valence-electron chi connectivity index (χ4n) is 2.48. The van der Waals surface area contributed by atoms with E-state index in [1.54, 1.807) is 12.1 Å². The first kappa shape index (κ1) is 14.8. The first-order chi connectivity index (χ1) is 9.06. The van der Waals surface area contributed by atoms with Crippen LogP contribution in [0, 0.1) is 0 Å². The monoisotopic (exact) mass is 344 g/mol. The zero-order valence-corrected chi connectivity index (χ0v) is 13.3. The van der Waals surface area contributed by atoms with Gasteiger partial charge in [-0.05, 0) is 38.1 Å². The lowest BCUT2D eigenvalue weighted by Gasteiger charge is -2.23. The molecule has 3 nitrogen and oxygen atoms in total. The van der Waals surface area contributed by atoms with E-state index in [1.165, 1.54) is 25.7 Å². The molecule has 5 heteroatoms. The molecule has 1 aliphatic rings. The normalized spacial score (nSPS) is 16.0. The zero-order valence-electron chi connectivity index (χ0n) is 11.0. The Kier molecular flexibility index (Phi) is 5.25. The van der Waals surface area contributed by atoms with Crippen LogP contribution in [0.3, 0.4) is 0 Å². The molecule has 1 aromatic rings. The number of hydrogen-bond donors (Lipinski definition) is 1. The summed E-state index contributed by atoms with van der Waals surface area (Å²) in [5, 5.41) is 3.41. The number of halogens is 2. The molecule has 0 spiro atoms. The van der Waals surface area contributed by atoms with Crippen LogP contribution in [0.1, 0.15) is 25.7 Å². The minimum Gasteiger partial charge on any atom is -0.324 e. The van der Waals surface area contributed by atoms with Crippen LogP contribution in [0.25, 0.3) is 0 Å². The maximum atomic E-state index is 12.0. The summed E-state index contributed by atoms with van der Waals surface area (Å²) in [5.41, 5.74) is 0.662. The molecule has 1 aliphatic carbocycles. The van der Waals surface area contributed by atoms with Gasteiger partial charge in [0.1, 0.15) is 0 Å². The van der Waals surface area contributed by atoms with Crippen molar-refractivity contribution in [3.63, 3.8) is 0 Å². The number of nitrogens with zero attached hydrogens (tertiary/aromatic N) is 1. The molecule has 1 amide bonds. The number of likely N-dealkylation sites (N-methyl/N-ethyl adjacent to an activating group) is 1. The molecule has 0 heterocycles. The molecule has 0 atom stereocenters. The van der Waals surface area contributed by atoms with Crippen LogP contribution in [0.4, 0.5) is 5.69 Å². The summed E-state index contributed by atoms with van der Waals surface area (Å²) in [6, 6.07) is 5.99. The zero-order chi connectivity index (χ0) is 13.8. The van der Waals surface area contributed by atoms with Gasteiger partial charge in [-0.15, -0.1) is 0 Å². The van der Waals surface area contributed by atoms with E-state index in [0.29, 0.717) is 23.3 Å². The predicted molar refractivity (Wildman–Crippen MR) is 82.7 cm³/mol. The van der Waals surface area contributed by atoms with Crippen LogP contribution >= 0.6 is 27.5 Å². The van der Waals surface area contributed by atoms with Crippen LogP contribution in [0.5, 0.6) is 0 Å². The van der Waals surface area contributed by atoms with E-state index in [0.717, 1.165) is 4.47 Å². The average Bonchev–Trinajstić information content (AvgIpc) is 2.86. The lowest BCUT2D eigenvalue weighted by Crippen LogP contribution is -2.36. The molecule has 1 saturated carbocycles. The number of hydrogen-bond acceptors (Lipinski definition) is 2. The van der Waals surface area contributed by atoms with Gasteiger partial charge in [-0.25, -0.2) is 0 Å². The first-order valence-corrected chi connectivity index (χ1v) is 7.68. The Morgan fingerprint density at radius 2 is 2.16 bits per heavy atom. The number of rotatable bonds is 4. The van der Waals surface area contributed by atoms with E-state index < -0.39 is 0 Å². The minimum absolute atomic E-state index is 0.0152. The Labute approximate surface area is 127 Å². The molecule has 0 radical (unpaired) electrons. The van der Waals surface area contributed by atoms with Crippen LogP contribution in [0.15, 0.2) is 22.7 Å². The fourth-order valence-corrected chi connectivity index (χ4v) is 3.20. The van der Waals surface area contributed by atoms with Crippen molar-refractivity contribution in [2.45, 2.75) is 31.7 Å². The second-order valence-corrected chi connectivity index (χ2v) is 6.35. The van der Waals surface area contributed by atoms with Gasteiger partial charge >= 0.3 is 0 Å². The molecule has 1 fully saturated rings. The minimum atomic E-state index is -0.0152. The van der Waals surface area contributed by atoms with Crippen molar-refractivity contribution >= 4 is 39.1 Å². The Balaban J connectivity index is 1.89. The summed E-state index contributed by atoms with van der Waals surface area (Å²) in [4.78, 5) is 14.1. The van der Waals surface area contributed by atoms with Crippen molar-refractivity contribution in [1.29, 1.82) is 0 Å². The fraction of sp³-hybridized carbons (Fsp3) is 0.500. The maximum Gasteiger partial charge on any atom is 0.238 e. The molecular formula is C14H18BrClN2O. The van der Waals surface area contributed by atoms with Crippen molar-refractivity contribution in [2.75, 3.05) is 18.9 Å². The van der Waals surface area contributed by atoms with Crippen molar-refractivity contribution in [3.05, 3.63) is 27.7 Å².